The van der Waals surface area contributed by atoms with Crippen molar-refractivity contribution < 1.29 is 9.85 Å². The fourth-order valence-corrected chi connectivity index (χ4v) is 12.8. The Morgan fingerprint density at radius 1 is 0.639 bits per heavy atom. The van der Waals surface area contributed by atoms with Crippen LogP contribution in [0.2, 0.25) is 0 Å². The molecule has 0 amide bonds. The van der Waals surface area contributed by atoms with E-state index in [9.17, 15) is 20.2 Å². The van der Waals surface area contributed by atoms with Gasteiger partial charge in [-0.25, -0.2) is 0 Å². The second-order valence-corrected chi connectivity index (χ2v) is 13.5. The molecule has 36 heavy (non-hydrogen) atoms. The van der Waals surface area contributed by atoms with Crippen molar-refractivity contribution >= 4 is 41.3 Å². The number of rotatable bonds is 6. The molecule has 0 saturated carbocycles. The Hall–Kier alpha value is -3.68. The summed E-state index contributed by atoms with van der Waals surface area (Å²) in [4.78, 5) is 23.9. The number of nitrogens with one attached hydrogen (secondary N) is 2. The first-order valence-corrected chi connectivity index (χ1v) is 14.5. The molecule has 0 fully saturated rings. The Morgan fingerprint density at radius 2 is 1.03 bits per heavy atom. The van der Waals surface area contributed by atoms with Crippen molar-refractivity contribution in [1.29, 1.82) is 0 Å². The molecule has 8 nitrogen and oxygen atoms in total. The van der Waals surface area contributed by atoms with E-state index in [0.717, 1.165) is 31.5 Å². The van der Waals surface area contributed by atoms with Gasteiger partial charge in [0.15, 0.2) is 0 Å². The van der Waals surface area contributed by atoms with Gasteiger partial charge in [0, 0.05) is 0 Å². The van der Waals surface area contributed by atoms with E-state index in [-0.39, 0.29) is 21.2 Å². The molecule has 0 bridgehead atoms. The number of nitrogens with zero attached hydrogens (tertiary/aromatic N) is 2. The van der Waals surface area contributed by atoms with Crippen LogP contribution in [-0.4, -0.2) is 48.6 Å². The Balaban J connectivity index is 1.54. The standard InChI is InChI=1S/C26H18N4O4Se2/c31-29(32)21-15-7-13-19-23-24(35-25(19,21)27-17-9-3-1-4-10-17)20-14-8-16-22(30(33)34)26(20,36-23)28-18-11-5-2-6-12-18/h1-16,27-28H. The van der Waals surface area contributed by atoms with Crippen LogP contribution in [0.4, 0.5) is 11.4 Å². The molecule has 2 heterocycles. The molecule has 6 rings (SSSR count). The summed E-state index contributed by atoms with van der Waals surface area (Å²) < 4.78 is 0.00313. The monoisotopic (exact) mass is 610 g/mol. The quantitative estimate of drug-likeness (QED) is 0.292. The number of fused-ring (bicyclic) bond motifs is 3. The van der Waals surface area contributed by atoms with Crippen LogP contribution < -0.4 is 10.6 Å². The van der Waals surface area contributed by atoms with E-state index in [1.54, 1.807) is 24.3 Å². The number of allylic oxidation sites excluding steroid dienone is 6. The first-order valence-electron chi connectivity index (χ1n) is 11.1. The van der Waals surface area contributed by atoms with E-state index in [4.69, 9.17) is 0 Å². The van der Waals surface area contributed by atoms with Crippen molar-refractivity contribution in [1.82, 2.24) is 0 Å². The van der Waals surface area contributed by atoms with E-state index >= 15 is 0 Å². The van der Waals surface area contributed by atoms with Crippen LogP contribution in [-0.2, 0) is 0 Å². The molecule has 2 aliphatic heterocycles. The average Bonchev–Trinajstić information content (AvgIpc) is 3.34. The summed E-state index contributed by atoms with van der Waals surface area (Å²) in [6.07, 6.45) is 10.4. The number of hydrogen-bond acceptors (Lipinski definition) is 6. The van der Waals surface area contributed by atoms with Crippen molar-refractivity contribution in [2.75, 3.05) is 10.6 Å². The Morgan fingerprint density at radius 3 is 1.39 bits per heavy atom. The number of para-hydroxylation sites is 2. The third-order valence-electron chi connectivity index (χ3n) is 6.30. The van der Waals surface area contributed by atoms with E-state index in [2.05, 4.69) is 10.6 Å². The van der Waals surface area contributed by atoms with Crippen molar-refractivity contribution in [3.63, 3.8) is 0 Å². The molecular weight excluding hydrogens is 590 g/mol. The van der Waals surface area contributed by atoms with Crippen molar-refractivity contribution in [3.05, 3.63) is 149 Å². The third kappa shape index (κ3) is 3.34. The predicted octanol–water partition coefficient (Wildman–Crippen LogP) is 4.01. The second-order valence-electron chi connectivity index (χ2n) is 8.37. The number of hydrogen-bond donors (Lipinski definition) is 2. The summed E-state index contributed by atoms with van der Waals surface area (Å²) >= 11 is -0.893. The fourth-order valence-electron chi connectivity index (χ4n) is 4.80. The summed E-state index contributed by atoms with van der Waals surface area (Å²) in [6, 6.07) is 19.0. The Labute approximate surface area is 218 Å². The molecule has 178 valence electrons. The second kappa shape index (κ2) is 8.46. The molecule has 0 saturated heterocycles. The molecule has 10 heteroatoms. The van der Waals surface area contributed by atoms with Gasteiger partial charge in [-0.1, -0.05) is 0 Å². The molecule has 0 radical (unpaired) electrons. The fraction of sp³-hybridized carbons (Fsp3) is 0.0769. The summed E-state index contributed by atoms with van der Waals surface area (Å²) in [5, 5.41) is 31.5. The molecule has 2 unspecified atom stereocenters. The van der Waals surface area contributed by atoms with Crippen LogP contribution in [0.25, 0.3) is 0 Å². The maximum atomic E-state index is 12.3. The van der Waals surface area contributed by atoms with Crippen molar-refractivity contribution in [2.45, 2.75) is 8.87 Å². The zero-order chi connectivity index (χ0) is 24.9. The van der Waals surface area contributed by atoms with Gasteiger partial charge in [0.05, 0.1) is 0 Å². The minimum absolute atomic E-state index is 0.0982. The summed E-state index contributed by atoms with van der Waals surface area (Å²) in [5.74, 6) is 0. The van der Waals surface area contributed by atoms with Crippen molar-refractivity contribution in [3.8, 4) is 0 Å². The van der Waals surface area contributed by atoms with Gasteiger partial charge < -0.3 is 0 Å². The molecule has 2 atom stereocenters. The molecule has 0 spiro atoms. The summed E-state index contributed by atoms with van der Waals surface area (Å²) in [6.45, 7) is 0. The van der Waals surface area contributed by atoms with Crippen LogP contribution in [0.3, 0.4) is 0 Å². The summed E-state index contributed by atoms with van der Waals surface area (Å²) in [7, 11) is 0. The number of benzene rings is 2. The predicted molar refractivity (Wildman–Crippen MR) is 140 cm³/mol. The topological polar surface area (TPSA) is 110 Å². The molecule has 2 aromatic rings. The van der Waals surface area contributed by atoms with Gasteiger partial charge in [0.25, 0.3) is 0 Å². The number of nitro groups is 2. The Bertz CT molecular complexity index is 1380. The van der Waals surface area contributed by atoms with Crippen LogP contribution in [0.15, 0.2) is 129 Å². The maximum absolute atomic E-state index is 12.3. The zero-order valence-electron chi connectivity index (χ0n) is 18.6. The van der Waals surface area contributed by atoms with Crippen LogP contribution >= 0.6 is 0 Å². The van der Waals surface area contributed by atoms with Crippen LogP contribution in [0, 0.1) is 20.2 Å². The summed E-state index contributed by atoms with van der Waals surface area (Å²) in [5.41, 5.74) is 3.45. The zero-order valence-corrected chi connectivity index (χ0v) is 22.0. The molecule has 2 N–H and O–H groups in total. The molecule has 0 aromatic heterocycles. The van der Waals surface area contributed by atoms with Crippen LogP contribution in [0.1, 0.15) is 0 Å². The van der Waals surface area contributed by atoms with Gasteiger partial charge in [0.1, 0.15) is 0 Å². The molecule has 2 aromatic carbocycles. The third-order valence-corrected chi connectivity index (χ3v) is 13.1. The van der Waals surface area contributed by atoms with E-state index in [1.807, 2.05) is 72.8 Å². The van der Waals surface area contributed by atoms with Gasteiger partial charge in [-0.2, -0.15) is 0 Å². The average molecular weight is 608 g/mol. The SMILES string of the molecule is O=[N+]([O-])C1=CC=CC2=C3[Se]C4(Nc5ccccc5)C([N+](=O)[O-])=CC=CC4=C3[Se]C12Nc1ccccc1. The van der Waals surface area contributed by atoms with E-state index in [1.165, 1.54) is 0 Å². The molecule has 4 aliphatic rings. The van der Waals surface area contributed by atoms with E-state index < -0.39 is 38.8 Å². The molecule has 2 aliphatic carbocycles. The Kier molecular flexibility index (Phi) is 5.35. The number of anilines is 2. The van der Waals surface area contributed by atoms with Gasteiger partial charge in [-0.3, -0.25) is 0 Å². The van der Waals surface area contributed by atoms with Gasteiger partial charge in [-0.15, -0.1) is 0 Å². The first kappa shape index (κ1) is 22.8. The first-order chi connectivity index (χ1) is 17.4. The van der Waals surface area contributed by atoms with Gasteiger partial charge in [-0.05, 0) is 0 Å². The van der Waals surface area contributed by atoms with E-state index in [0.29, 0.717) is 0 Å². The van der Waals surface area contributed by atoms with Crippen molar-refractivity contribution in [2.24, 2.45) is 0 Å². The van der Waals surface area contributed by atoms with Gasteiger partial charge in [0.2, 0.25) is 0 Å². The van der Waals surface area contributed by atoms with Crippen LogP contribution in [0.5, 0.6) is 0 Å². The molecular formula is C26H18N4O4Se2. The normalized spacial score (nSPS) is 25.6. The minimum atomic E-state index is -0.991. The van der Waals surface area contributed by atoms with Gasteiger partial charge >= 0.3 is 219 Å².